The third-order valence-electron chi connectivity index (χ3n) is 6.73. The highest BCUT2D eigenvalue weighted by molar-refractivity contribution is 5.92. The van der Waals surface area contributed by atoms with Gasteiger partial charge in [0, 0.05) is 19.8 Å². The van der Waals surface area contributed by atoms with Gasteiger partial charge < -0.3 is 14.5 Å². The van der Waals surface area contributed by atoms with Crippen LogP contribution in [0, 0.1) is 19.8 Å². The number of halogens is 2. The van der Waals surface area contributed by atoms with Crippen molar-refractivity contribution in [2.75, 3.05) is 39.4 Å². The van der Waals surface area contributed by atoms with Gasteiger partial charge in [0.1, 0.15) is 0 Å². The van der Waals surface area contributed by atoms with Crippen molar-refractivity contribution in [1.82, 2.24) is 9.80 Å². The lowest BCUT2D eigenvalue weighted by Crippen LogP contribution is -2.48. The summed E-state index contributed by atoms with van der Waals surface area (Å²) in [6.07, 6.45) is 1.67. The second kappa shape index (κ2) is 7.35. The maximum absolute atomic E-state index is 15.6. The zero-order chi connectivity index (χ0) is 20.8. The highest BCUT2D eigenvalue weighted by Crippen LogP contribution is 2.46. The Morgan fingerprint density at radius 2 is 1.86 bits per heavy atom. The molecule has 3 aliphatic rings. The maximum atomic E-state index is 15.6. The fourth-order valence-corrected chi connectivity index (χ4v) is 4.71. The number of carbonyl (C=O) groups excluding carboxylic acids is 2. The highest BCUT2D eigenvalue weighted by atomic mass is 19.2. The second-order valence-corrected chi connectivity index (χ2v) is 8.85. The Balaban J connectivity index is 1.43. The average Bonchev–Trinajstić information content (AvgIpc) is 3.05. The predicted molar refractivity (Wildman–Crippen MR) is 104 cm³/mol. The summed E-state index contributed by atoms with van der Waals surface area (Å²) in [5.41, 5.74) is -1.98. The molecule has 0 aliphatic carbocycles. The molecule has 7 heteroatoms. The van der Waals surface area contributed by atoms with Crippen LogP contribution in [-0.2, 0) is 20.7 Å². The first-order valence-corrected chi connectivity index (χ1v) is 10.3. The lowest BCUT2D eigenvalue weighted by atomic mass is 9.93. The van der Waals surface area contributed by atoms with E-state index < -0.39 is 23.8 Å². The Morgan fingerprint density at radius 3 is 2.52 bits per heavy atom. The smallest absolute Gasteiger partial charge is 0.265 e. The number of rotatable bonds is 4. The van der Waals surface area contributed by atoms with Crippen LogP contribution in [0.3, 0.4) is 0 Å². The van der Waals surface area contributed by atoms with Gasteiger partial charge in [-0.2, -0.15) is 0 Å². The number of aryl methyl sites for hydroxylation is 2. The molecule has 3 heterocycles. The summed E-state index contributed by atoms with van der Waals surface area (Å²) < 4.78 is 36.4. The van der Waals surface area contributed by atoms with Crippen molar-refractivity contribution in [1.29, 1.82) is 0 Å². The van der Waals surface area contributed by atoms with Gasteiger partial charge in [-0.25, -0.2) is 8.78 Å². The molecule has 5 nitrogen and oxygen atoms in total. The van der Waals surface area contributed by atoms with Crippen LogP contribution in [0.1, 0.15) is 29.5 Å². The summed E-state index contributed by atoms with van der Waals surface area (Å²) >= 11 is 0. The number of alkyl halides is 2. The van der Waals surface area contributed by atoms with Crippen LogP contribution in [0.15, 0.2) is 18.2 Å². The molecule has 2 atom stereocenters. The molecular formula is C22H28F2N2O3. The van der Waals surface area contributed by atoms with Gasteiger partial charge >= 0.3 is 0 Å². The molecule has 2 amide bonds. The molecule has 3 saturated heterocycles. The van der Waals surface area contributed by atoms with E-state index >= 15 is 8.78 Å². The van der Waals surface area contributed by atoms with E-state index in [0.29, 0.717) is 19.8 Å². The summed E-state index contributed by atoms with van der Waals surface area (Å²) in [6, 6.07) is 5.71. The van der Waals surface area contributed by atoms with Crippen molar-refractivity contribution in [3.8, 4) is 0 Å². The minimum Gasteiger partial charge on any atom is -0.381 e. The first-order valence-electron chi connectivity index (χ1n) is 10.3. The zero-order valence-corrected chi connectivity index (χ0v) is 17.0. The van der Waals surface area contributed by atoms with Crippen molar-refractivity contribution >= 4 is 11.8 Å². The number of ether oxygens (including phenoxy) is 1. The van der Waals surface area contributed by atoms with E-state index in [9.17, 15) is 9.59 Å². The van der Waals surface area contributed by atoms with Gasteiger partial charge in [-0.3, -0.25) is 9.59 Å². The molecule has 1 aromatic rings. The molecule has 0 radical (unpaired) electrons. The van der Waals surface area contributed by atoms with Crippen LogP contribution in [0.25, 0.3) is 0 Å². The third kappa shape index (κ3) is 3.54. The Bertz CT molecular complexity index is 826. The topological polar surface area (TPSA) is 49.9 Å². The van der Waals surface area contributed by atoms with Crippen molar-refractivity contribution < 1.29 is 23.1 Å². The molecule has 158 valence electrons. The van der Waals surface area contributed by atoms with Gasteiger partial charge in [-0.1, -0.05) is 18.2 Å². The predicted octanol–water partition coefficient (Wildman–Crippen LogP) is 2.37. The molecular weight excluding hydrogens is 378 g/mol. The molecule has 0 N–H and O–H groups in total. The summed E-state index contributed by atoms with van der Waals surface area (Å²) in [5, 5.41) is 0. The number of benzene rings is 1. The Labute approximate surface area is 170 Å². The van der Waals surface area contributed by atoms with Crippen molar-refractivity contribution in [3.63, 3.8) is 0 Å². The van der Waals surface area contributed by atoms with Crippen LogP contribution >= 0.6 is 0 Å². The van der Waals surface area contributed by atoms with Gasteiger partial charge in [0.2, 0.25) is 11.6 Å². The molecule has 0 saturated carbocycles. The molecule has 0 spiro atoms. The van der Waals surface area contributed by atoms with E-state index in [1.54, 1.807) is 0 Å². The largest absolute Gasteiger partial charge is 0.381 e. The lowest BCUT2D eigenvalue weighted by molar-refractivity contribution is -0.140. The van der Waals surface area contributed by atoms with Gasteiger partial charge in [-0.15, -0.1) is 0 Å². The molecule has 1 aromatic carbocycles. The summed E-state index contributed by atoms with van der Waals surface area (Å²) in [4.78, 5) is 27.9. The number of likely N-dealkylation sites (tertiary alicyclic amines) is 2. The van der Waals surface area contributed by atoms with Crippen LogP contribution in [0.4, 0.5) is 8.78 Å². The summed E-state index contributed by atoms with van der Waals surface area (Å²) in [6.45, 7) is 4.38. The van der Waals surface area contributed by atoms with Crippen molar-refractivity contribution in [3.05, 3.63) is 34.9 Å². The van der Waals surface area contributed by atoms with Crippen LogP contribution in [0.5, 0.6) is 0 Å². The first kappa shape index (κ1) is 20.3. The second-order valence-electron chi connectivity index (χ2n) is 8.85. The molecule has 29 heavy (non-hydrogen) atoms. The minimum absolute atomic E-state index is 0.0766. The fraction of sp³-hybridized carbons (Fsp3) is 0.636. The van der Waals surface area contributed by atoms with E-state index in [4.69, 9.17) is 4.74 Å². The van der Waals surface area contributed by atoms with E-state index in [-0.39, 0.29) is 31.3 Å². The fourth-order valence-electron chi connectivity index (χ4n) is 4.71. The monoisotopic (exact) mass is 406 g/mol. The number of fused-ring (bicyclic) bond motifs is 1. The normalized spacial score (nSPS) is 30.1. The van der Waals surface area contributed by atoms with E-state index in [2.05, 4.69) is 0 Å². The SMILES string of the molecule is Cc1ccc(CC(=O)N2C[C@@]3(F)CN(CC4CCOCC4)C(=O)[C@@]3(F)C2)cc1C. The Morgan fingerprint density at radius 1 is 1.14 bits per heavy atom. The number of hydrogen-bond donors (Lipinski definition) is 0. The maximum Gasteiger partial charge on any atom is 0.265 e. The standard InChI is InChI=1S/C22H28F2N2O3/c1-15-3-4-18(9-16(15)2)10-19(27)26-13-21(23)12-25(20(28)22(21,24)14-26)11-17-5-7-29-8-6-17/h3-4,9,17H,5-8,10-14H2,1-2H3/t21-,22-/m0/s1. The number of hydrogen-bond acceptors (Lipinski definition) is 3. The molecule has 3 aliphatic heterocycles. The molecule has 4 rings (SSSR count). The van der Waals surface area contributed by atoms with Crippen LogP contribution in [0.2, 0.25) is 0 Å². The van der Waals surface area contributed by atoms with Gasteiger partial charge in [-0.05, 0) is 49.3 Å². The Hall–Kier alpha value is -2.02. The molecule has 0 bridgehead atoms. The van der Waals surface area contributed by atoms with Gasteiger partial charge in [0.15, 0.2) is 5.67 Å². The van der Waals surface area contributed by atoms with Crippen LogP contribution in [-0.4, -0.2) is 72.3 Å². The van der Waals surface area contributed by atoms with Crippen molar-refractivity contribution in [2.24, 2.45) is 5.92 Å². The lowest BCUT2D eigenvalue weighted by Gasteiger charge is -2.28. The van der Waals surface area contributed by atoms with Crippen LogP contribution < -0.4 is 0 Å². The van der Waals surface area contributed by atoms with E-state index in [1.165, 1.54) is 9.80 Å². The minimum atomic E-state index is -2.64. The van der Waals surface area contributed by atoms with Gasteiger partial charge in [0.05, 0.1) is 26.1 Å². The first-order chi connectivity index (χ1) is 13.7. The number of nitrogens with zero attached hydrogens (tertiary/aromatic N) is 2. The molecule has 3 fully saturated rings. The Kier molecular flexibility index (Phi) is 5.13. The van der Waals surface area contributed by atoms with E-state index in [1.807, 2.05) is 32.0 Å². The van der Waals surface area contributed by atoms with E-state index in [0.717, 1.165) is 29.5 Å². The number of carbonyl (C=O) groups is 2. The quantitative estimate of drug-likeness (QED) is 0.772. The third-order valence-corrected chi connectivity index (χ3v) is 6.73. The molecule has 0 unspecified atom stereocenters. The van der Waals surface area contributed by atoms with Crippen molar-refractivity contribution in [2.45, 2.75) is 44.4 Å². The summed E-state index contributed by atoms with van der Waals surface area (Å²) in [7, 11) is 0. The molecule has 0 aromatic heterocycles. The highest BCUT2D eigenvalue weighted by Gasteiger charge is 2.71. The zero-order valence-electron chi connectivity index (χ0n) is 17.0. The van der Waals surface area contributed by atoms with Gasteiger partial charge in [0.25, 0.3) is 5.91 Å². The summed E-state index contributed by atoms with van der Waals surface area (Å²) in [5.74, 6) is -0.949. The average molecular weight is 406 g/mol. The number of amides is 2.